The van der Waals surface area contributed by atoms with Gasteiger partial charge in [0.1, 0.15) is 18.0 Å². The quantitative estimate of drug-likeness (QED) is 0.274. The van der Waals surface area contributed by atoms with Crippen molar-refractivity contribution in [1.29, 1.82) is 0 Å². The summed E-state index contributed by atoms with van der Waals surface area (Å²) in [7, 11) is 2.00. The summed E-state index contributed by atoms with van der Waals surface area (Å²) in [6.45, 7) is 20.2. The first kappa shape index (κ1) is 27.3. The van der Waals surface area contributed by atoms with Crippen LogP contribution < -0.4 is 10.2 Å². The van der Waals surface area contributed by atoms with Gasteiger partial charge in [-0.15, -0.1) is 0 Å². The van der Waals surface area contributed by atoms with E-state index in [9.17, 15) is 0 Å². The molecule has 2 aromatic rings. The standard InChI is InChI=1S/C31H37ClN6/c1-8-10-14-25(9-2)38-23(6)29-24(13-11-15-26(29)32)18-28(38)27-16-12-17-37(27)31-22(5)30(33-19-34-31)35-20-36(7)21(3)4/h8-11,13-15,18-19,27H,2-3,6,12,16-17,20H2,1,4-5,7H3,(H,33,34,35)/b10-8-,25-14+. The Bertz CT molecular complexity index is 1340. The van der Waals surface area contributed by atoms with Gasteiger partial charge < -0.3 is 20.0 Å². The third kappa shape index (κ3) is 5.27. The molecule has 7 heteroatoms. The van der Waals surface area contributed by atoms with Crippen LogP contribution in [0.2, 0.25) is 5.02 Å². The van der Waals surface area contributed by atoms with Crippen molar-refractivity contribution in [2.24, 2.45) is 0 Å². The first-order valence-electron chi connectivity index (χ1n) is 12.9. The summed E-state index contributed by atoms with van der Waals surface area (Å²) in [5.74, 6) is 1.76. The third-order valence-corrected chi connectivity index (χ3v) is 7.47. The Morgan fingerprint density at radius 2 is 2.11 bits per heavy atom. The van der Waals surface area contributed by atoms with Crippen molar-refractivity contribution in [2.45, 2.75) is 39.7 Å². The fraction of sp³-hybridized carbons (Fsp3) is 0.290. The van der Waals surface area contributed by atoms with Gasteiger partial charge >= 0.3 is 0 Å². The summed E-state index contributed by atoms with van der Waals surface area (Å²) in [5.41, 5.74) is 6.94. The number of hydrogen-bond donors (Lipinski definition) is 1. The SMILES string of the molecule is C=C/C(=C\C=C/C)N1C(=C)c2c(Cl)cccc2C=C1C1CCCN1c1ncnc(NCN(C)C(=C)C)c1C. The Balaban J connectivity index is 1.78. The number of rotatable bonds is 9. The molecule has 2 aliphatic rings. The van der Waals surface area contributed by atoms with Gasteiger partial charge in [-0.1, -0.05) is 55.6 Å². The molecule has 1 N–H and O–H groups in total. The van der Waals surface area contributed by atoms with E-state index in [2.05, 4.69) is 65.0 Å². The van der Waals surface area contributed by atoms with E-state index in [1.165, 1.54) is 0 Å². The van der Waals surface area contributed by atoms with Crippen molar-refractivity contribution >= 4 is 35.0 Å². The van der Waals surface area contributed by atoms with Gasteiger partial charge in [-0.2, -0.15) is 0 Å². The molecule has 0 amide bonds. The number of fused-ring (bicyclic) bond motifs is 1. The van der Waals surface area contributed by atoms with Crippen molar-refractivity contribution in [1.82, 2.24) is 19.8 Å². The summed E-state index contributed by atoms with van der Waals surface area (Å²) >= 11 is 6.68. The predicted molar refractivity (Wildman–Crippen MR) is 162 cm³/mol. The number of hydrogen-bond acceptors (Lipinski definition) is 6. The maximum absolute atomic E-state index is 6.68. The second-order valence-electron chi connectivity index (χ2n) is 9.67. The average Bonchev–Trinajstić information content (AvgIpc) is 3.38. The van der Waals surface area contributed by atoms with E-state index in [-0.39, 0.29) is 6.04 Å². The minimum Gasteiger partial charge on any atom is -0.361 e. The number of aromatic nitrogens is 2. The lowest BCUT2D eigenvalue weighted by Crippen LogP contribution is -2.39. The van der Waals surface area contributed by atoms with Crippen LogP contribution in [0.1, 0.15) is 43.4 Å². The first-order chi connectivity index (χ1) is 18.3. The Morgan fingerprint density at radius 3 is 2.82 bits per heavy atom. The van der Waals surface area contributed by atoms with Gasteiger partial charge in [0.05, 0.1) is 17.7 Å². The van der Waals surface area contributed by atoms with Crippen molar-refractivity contribution < 1.29 is 0 Å². The molecule has 0 bridgehead atoms. The molecular formula is C31H37ClN6. The molecule has 1 unspecified atom stereocenters. The van der Waals surface area contributed by atoms with Crippen molar-refractivity contribution in [2.75, 3.05) is 30.5 Å². The lowest BCUT2D eigenvalue weighted by atomic mass is 9.94. The molecule has 1 fully saturated rings. The van der Waals surface area contributed by atoms with Crippen LogP contribution in [0.3, 0.4) is 0 Å². The molecule has 38 heavy (non-hydrogen) atoms. The van der Waals surface area contributed by atoms with Gasteiger partial charge in [0.25, 0.3) is 0 Å². The van der Waals surface area contributed by atoms with Crippen LogP contribution >= 0.6 is 11.6 Å². The molecule has 1 aromatic heterocycles. The molecule has 0 radical (unpaired) electrons. The van der Waals surface area contributed by atoms with Gasteiger partial charge in [-0.25, -0.2) is 9.97 Å². The zero-order valence-electron chi connectivity index (χ0n) is 22.8. The topological polar surface area (TPSA) is 47.5 Å². The van der Waals surface area contributed by atoms with Gasteiger partial charge in [0.15, 0.2) is 0 Å². The summed E-state index contributed by atoms with van der Waals surface area (Å²) in [6, 6.07) is 6.09. The Labute approximate surface area is 232 Å². The highest BCUT2D eigenvalue weighted by Gasteiger charge is 2.37. The summed E-state index contributed by atoms with van der Waals surface area (Å²) in [5, 5.41) is 4.13. The van der Waals surface area contributed by atoms with Crippen LogP contribution in [0.4, 0.5) is 11.6 Å². The number of halogens is 1. The molecule has 198 valence electrons. The maximum atomic E-state index is 6.68. The van der Waals surface area contributed by atoms with E-state index in [1.807, 2.05) is 56.2 Å². The van der Waals surface area contributed by atoms with Gasteiger partial charge in [0.2, 0.25) is 0 Å². The Kier molecular flexibility index (Phi) is 8.42. The first-order valence-corrected chi connectivity index (χ1v) is 13.3. The summed E-state index contributed by atoms with van der Waals surface area (Å²) < 4.78 is 0. The van der Waals surface area contributed by atoms with Crippen molar-refractivity contribution in [3.05, 3.63) is 107 Å². The lowest BCUT2D eigenvalue weighted by molar-refractivity contribution is 0.450. The van der Waals surface area contributed by atoms with Gasteiger partial charge in [0, 0.05) is 47.5 Å². The third-order valence-electron chi connectivity index (χ3n) is 7.15. The fourth-order valence-corrected chi connectivity index (χ4v) is 5.29. The fourth-order valence-electron chi connectivity index (χ4n) is 5.00. The monoisotopic (exact) mass is 528 g/mol. The second-order valence-corrected chi connectivity index (χ2v) is 10.1. The number of benzene rings is 1. The normalized spacial score (nSPS) is 17.5. The Hall–Kier alpha value is -3.77. The average molecular weight is 529 g/mol. The molecule has 1 aromatic carbocycles. The highest BCUT2D eigenvalue weighted by atomic mass is 35.5. The van der Waals surface area contributed by atoms with Crippen molar-refractivity contribution in [3.8, 4) is 0 Å². The smallest absolute Gasteiger partial charge is 0.137 e. The minimum absolute atomic E-state index is 0.0902. The largest absolute Gasteiger partial charge is 0.361 e. The molecule has 2 aliphatic heterocycles. The zero-order valence-corrected chi connectivity index (χ0v) is 23.6. The molecule has 3 heterocycles. The van der Waals surface area contributed by atoms with Crippen molar-refractivity contribution in [3.63, 3.8) is 0 Å². The molecular weight excluding hydrogens is 492 g/mol. The molecule has 1 saturated heterocycles. The minimum atomic E-state index is 0.0902. The molecule has 0 aliphatic carbocycles. The van der Waals surface area contributed by atoms with E-state index < -0.39 is 0 Å². The van der Waals surface area contributed by atoms with Gasteiger partial charge in [-0.3, -0.25) is 0 Å². The van der Waals surface area contributed by atoms with E-state index >= 15 is 0 Å². The number of allylic oxidation sites excluding steroid dienone is 5. The molecule has 4 rings (SSSR count). The van der Waals surface area contributed by atoms with E-state index in [0.717, 1.165) is 70.5 Å². The number of nitrogens with one attached hydrogen (secondary N) is 1. The van der Waals surface area contributed by atoms with Crippen LogP contribution in [-0.4, -0.2) is 46.1 Å². The molecule has 6 nitrogen and oxygen atoms in total. The zero-order chi connectivity index (χ0) is 27.4. The van der Waals surface area contributed by atoms with Crippen LogP contribution in [-0.2, 0) is 0 Å². The Morgan fingerprint density at radius 1 is 1.32 bits per heavy atom. The highest BCUT2D eigenvalue weighted by molar-refractivity contribution is 6.32. The van der Waals surface area contributed by atoms with E-state index in [4.69, 9.17) is 16.6 Å². The van der Waals surface area contributed by atoms with E-state index in [0.29, 0.717) is 11.7 Å². The number of nitrogens with zero attached hydrogens (tertiary/aromatic N) is 5. The summed E-state index contributed by atoms with van der Waals surface area (Å²) in [4.78, 5) is 15.9. The van der Waals surface area contributed by atoms with Crippen LogP contribution in [0, 0.1) is 6.92 Å². The molecule has 0 saturated carbocycles. The second kappa shape index (κ2) is 11.7. The number of anilines is 2. The van der Waals surface area contributed by atoms with Crippen LogP contribution in [0.25, 0.3) is 11.8 Å². The summed E-state index contributed by atoms with van der Waals surface area (Å²) in [6.07, 6.45) is 13.9. The maximum Gasteiger partial charge on any atom is 0.137 e. The van der Waals surface area contributed by atoms with Crippen LogP contribution in [0.15, 0.2) is 85.7 Å². The lowest BCUT2D eigenvalue weighted by Gasteiger charge is -2.40. The molecule has 0 spiro atoms. The van der Waals surface area contributed by atoms with Gasteiger partial charge in [-0.05, 0) is 63.5 Å². The predicted octanol–water partition coefficient (Wildman–Crippen LogP) is 7.22. The molecule has 1 atom stereocenters. The van der Waals surface area contributed by atoms with Crippen LogP contribution in [0.5, 0.6) is 0 Å². The highest BCUT2D eigenvalue weighted by Crippen LogP contribution is 2.44. The van der Waals surface area contributed by atoms with E-state index in [1.54, 1.807) is 6.33 Å².